The van der Waals surface area contributed by atoms with E-state index in [2.05, 4.69) is 20.4 Å². The third kappa shape index (κ3) is 4.46. The number of hydrogen-bond acceptors (Lipinski definition) is 7. The molecule has 0 aliphatic carbocycles. The zero-order chi connectivity index (χ0) is 26.3. The lowest BCUT2D eigenvalue weighted by Gasteiger charge is -2.21. The van der Waals surface area contributed by atoms with Crippen LogP contribution in [0.25, 0.3) is 17.0 Å². The first-order chi connectivity index (χ1) is 17.0. The van der Waals surface area contributed by atoms with Crippen molar-refractivity contribution in [3.05, 3.63) is 60.3 Å². The Morgan fingerprint density at radius 3 is 2.56 bits per heavy atom. The molecule has 4 rings (SSSR count). The van der Waals surface area contributed by atoms with Crippen molar-refractivity contribution < 1.29 is 17.9 Å². The lowest BCUT2D eigenvalue weighted by atomic mass is 10.2. The number of ether oxygens (including phenoxy) is 1. The van der Waals surface area contributed by atoms with Crippen molar-refractivity contribution in [2.75, 3.05) is 7.11 Å². The van der Waals surface area contributed by atoms with Crippen molar-refractivity contribution in [1.29, 1.82) is 0 Å². The summed E-state index contributed by atoms with van der Waals surface area (Å²) in [6.07, 6.45) is 4.79. The molecule has 10 nitrogen and oxygen atoms in total. The van der Waals surface area contributed by atoms with Crippen LogP contribution in [0.2, 0.25) is 0 Å². The third-order valence-corrected chi connectivity index (χ3v) is 8.44. The van der Waals surface area contributed by atoms with Crippen LogP contribution in [0.3, 0.4) is 0 Å². The lowest BCUT2D eigenvalue weighted by Crippen LogP contribution is -2.29. The molecule has 36 heavy (non-hydrogen) atoms. The normalized spacial score (nSPS) is 13.1. The molecule has 4 aromatic heterocycles. The Morgan fingerprint density at radius 1 is 1.19 bits per heavy atom. The standard InChI is InChI=1S/C25H30N6O4S/c1-7-31-19(24(32)28-16(2)17-10-8-9-11-26-17)12-18(29-31)20-14-27-23-13-21(35-6)22(15-30(20)23)36(33,34)25(3,4)5/h8-16H,7H2,1-6H3,(H,28,32)/t16-/m1/s1. The Labute approximate surface area is 210 Å². The van der Waals surface area contributed by atoms with Crippen molar-refractivity contribution in [2.24, 2.45) is 0 Å². The minimum Gasteiger partial charge on any atom is -0.495 e. The molecule has 1 N–H and O–H groups in total. The highest BCUT2D eigenvalue weighted by Gasteiger charge is 2.34. The number of nitrogens with zero attached hydrogens (tertiary/aromatic N) is 5. The van der Waals surface area contributed by atoms with E-state index in [1.807, 2.05) is 32.0 Å². The molecule has 0 aromatic carbocycles. The smallest absolute Gasteiger partial charge is 0.270 e. The van der Waals surface area contributed by atoms with E-state index in [-0.39, 0.29) is 22.6 Å². The van der Waals surface area contributed by atoms with Gasteiger partial charge in [0.1, 0.15) is 27.7 Å². The molecule has 0 saturated carbocycles. The fourth-order valence-electron chi connectivity index (χ4n) is 3.81. The summed E-state index contributed by atoms with van der Waals surface area (Å²) < 4.78 is 34.1. The van der Waals surface area contributed by atoms with Gasteiger partial charge in [-0.2, -0.15) is 5.10 Å². The van der Waals surface area contributed by atoms with Crippen LogP contribution in [0.1, 0.15) is 56.8 Å². The summed E-state index contributed by atoms with van der Waals surface area (Å²) >= 11 is 0. The van der Waals surface area contributed by atoms with Gasteiger partial charge in [0.05, 0.1) is 35.5 Å². The maximum atomic E-state index is 13.3. The highest BCUT2D eigenvalue weighted by atomic mass is 32.2. The van der Waals surface area contributed by atoms with Gasteiger partial charge < -0.3 is 10.1 Å². The summed E-state index contributed by atoms with van der Waals surface area (Å²) in [5.41, 5.74) is 2.66. The molecule has 0 spiro atoms. The average molecular weight is 511 g/mol. The molecule has 4 aromatic rings. The molecular formula is C25H30N6O4S. The maximum absolute atomic E-state index is 13.3. The summed E-state index contributed by atoms with van der Waals surface area (Å²) in [5.74, 6) is -0.0718. The number of carbonyl (C=O) groups is 1. The summed E-state index contributed by atoms with van der Waals surface area (Å²) in [6, 6.07) is 8.50. The van der Waals surface area contributed by atoms with Crippen molar-refractivity contribution in [2.45, 2.75) is 56.8 Å². The molecule has 0 radical (unpaired) electrons. The Balaban J connectivity index is 1.76. The largest absolute Gasteiger partial charge is 0.495 e. The zero-order valence-electron chi connectivity index (χ0n) is 21.2. The van der Waals surface area contributed by atoms with Crippen LogP contribution >= 0.6 is 0 Å². The fourth-order valence-corrected chi connectivity index (χ4v) is 5.12. The zero-order valence-corrected chi connectivity index (χ0v) is 22.0. The summed E-state index contributed by atoms with van der Waals surface area (Å²) in [5, 5.41) is 7.57. The number of pyridine rings is 2. The van der Waals surface area contributed by atoms with Gasteiger partial charge in [-0.3, -0.25) is 18.9 Å². The average Bonchev–Trinajstić information content (AvgIpc) is 3.46. The monoisotopic (exact) mass is 510 g/mol. The van der Waals surface area contributed by atoms with Crippen molar-refractivity contribution in [1.82, 2.24) is 29.5 Å². The second-order valence-electron chi connectivity index (χ2n) is 9.37. The lowest BCUT2D eigenvalue weighted by molar-refractivity contribution is 0.0928. The number of imidazole rings is 1. The first-order valence-electron chi connectivity index (χ1n) is 11.6. The highest BCUT2D eigenvalue weighted by Crippen LogP contribution is 2.34. The van der Waals surface area contributed by atoms with Crippen LogP contribution in [0.4, 0.5) is 0 Å². The van der Waals surface area contributed by atoms with Crippen LogP contribution in [0, 0.1) is 0 Å². The van der Waals surface area contributed by atoms with Crippen molar-refractivity contribution in [3.63, 3.8) is 0 Å². The van der Waals surface area contributed by atoms with Gasteiger partial charge in [-0.25, -0.2) is 13.4 Å². The van der Waals surface area contributed by atoms with E-state index in [1.54, 1.807) is 54.4 Å². The van der Waals surface area contributed by atoms with Gasteiger partial charge in [0.25, 0.3) is 5.91 Å². The molecule has 0 fully saturated rings. The van der Waals surface area contributed by atoms with Crippen LogP contribution in [0.15, 0.2) is 53.8 Å². The van der Waals surface area contributed by atoms with E-state index in [1.165, 1.54) is 13.3 Å². The molecular weight excluding hydrogens is 480 g/mol. The van der Waals surface area contributed by atoms with Gasteiger partial charge in [0.2, 0.25) is 0 Å². The molecule has 0 saturated heterocycles. The minimum atomic E-state index is -3.72. The Bertz CT molecular complexity index is 1520. The summed E-state index contributed by atoms with van der Waals surface area (Å²) in [6.45, 7) is 9.14. The fraction of sp³-hybridized carbons (Fsp3) is 0.360. The number of aryl methyl sites for hydroxylation is 1. The number of hydrogen-bond donors (Lipinski definition) is 1. The third-order valence-electron chi connectivity index (χ3n) is 5.94. The SMILES string of the molecule is CCn1nc(-c2cnc3cc(OC)c(S(=O)(=O)C(C)(C)C)cn23)cc1C(=O)N[C@H](C)c1ccccn1. The van der Waals surface area contributed by atoms with Crippen LogP contribution in [-0.2, 0) is 16.4 Å². The predicted molar refractivity (Wildman–Crippen MR) is 136 cm³/mol. The number of nitrogens with one attached hydrogen (secondary N) is 1. The van der Waals surface area contributed by atoms with Gasteiger partial charge >= 0.3 is 0 Å². The van der Waals surface area contributed by atoms with E-state index in [9.17, 15) is 13.2 Å². The van der Waals surface area contributed by atoms with E-state index in [4.69, 9.17) is 4.74 Å². The van der Waals surface area contributed by atoms with Crippen LogP contribution < -0.4 is 10.1 Å². The number of fused-ring (bicyclic) bond motifs is 1. The van der Waals surface area contributed by atoms with E-state index >= 15 is 0 Å². The molecule has 1 atom stereocenters. The number of carbonyl (C=O) groups excluding carboxylic acids is 1. The Hall–Kier alpha value is -3.73. The molecule has 4 heterocycles. The van der Waals surface area contributed by atoms with E-state index in [0.717, 1.165) is 5.69 Å². The van der Waals surface area contributed by atoms with Crippen LogP contribution in [0.5, 0.6) is 5.75 Å². The van der Waals surface area contributed by atoms with E-state index < -0.39 is 14.6 Å². The number of amides is 1. The number of methoxy groups -OCH3 is 1. The van der Waals surface area contributed by atoms with E-state index in [0.29, 0.717) is 29.3 Å². The molecule has 0 bridgehead atoms. The minimum absolute atomic E-state index is 0.0568. The first kappa shape index (κ1) is 25.4. The number of aromatic nitrogens is 5. The molecule has 0 unspecified atom stereocenters. The predicted octanol–water partition coefficient (Wildman–Crippen LogP) is 3.68. The van der Waals surface area contributed by atoms with Gasteiger partial charge in [0, 0.05) is 25.0 Å². The number of rotatable bonds is 7. The van der Waals surface area contributed by atoms with Crippen molar-refractivity contribution >= 4 is 21.4 Å². The second-order valence-corrected chi connectivity index (χ2v) is 12.0. The molecule has 11 heteroatoms. The Morgan fingerprint density at radius 2 is 1.94 bits per heavy atom. The molecule has 190 valence electrons. The highest BCUT2D eigenvalue weighted by molar-refractivity contribution is 7.92. The molecule has 0 aliphatic heterocycles. The first-order valence-corrected chi connectivity index (χ1v) is 13.1. The summed E-state index contributed by atoms with van der Waals surface area (Å²) in [4.78, 5) is 21.9. The van der Waals surface area contributed by atoms with Gasteiger partial charge in [-0.05, 0) is 52.8 Å². The molecule has 1 amide bonds. The van der Waals surface area contributed by atoms with Crippen LogP contribution in [-0.4, -0.2) is 50.3 Å². The number of sulfone groups is 1. The molecule has 0 aliphatic rings. The Kier molecular flexibility index (Phi) is 6.61. The van der Waals surface area contributed by atoms with Crippen molar-refractivity contribution in [3.8, 4) is 17.1 Å². The van der Waals surface area contributed by atoms with Gasteiger partial charge in [-0.1, -0.05) is 6.07 Å². The van der Waals surface area contributed by atoms with Gasteiger partial charge in [-0.15, -0.1) is 0 Å². The quantitative estimate of drug-likeness (QED) is 0.403. The summed E-state index contributed by atoms with van der Waals surface area (Å²) in [7, 11) is -2.29. The second kappa shape index (κ2) is 9.38. The topological polar surface area (TPSA) is 120 Å². The maximum Gasteiger partial charge on any atom is 0.270 e. The van der Waals surface area contributed by atoms with Gasteiger partial charge in [0.15, 0.2) is 9.84 Å².